The van der Waals surface area contributed by atoms with Crippen LogP contribution in [0, 0.1) is 5.82 Å². The second-order valence-electron chi connectivity index (χ2n) is 4.92. The van der Waals surface area contributed by atoms with E-state index in [-0.39, 0.29) is 5.82 Å². The summed E-state index contributed by atoms with van der Waals surface area (Å²) >= 11 is 0. The molecule has 0 amide bonds. The third-order valence-electron chi connectivity index (χ3n) is 3.50. The molecule has 0 fully saturated rings. The van der Waals surface area contributed by atoms with Crippen LogP contribution < -0.4 is 10.2 Å². The van der Waals surface area contributed by atoms with Gasteiger partial charge in [0, 0.05) is 38.6 Å². The van der Waals surface area contributed by atoms with E-state index in [9.17, 15) is 4.39 Å². The van der Waals surface area contributed by atoms with Gasteiger partial charge in [0.15, 0.2) is 0 Å². The van der Waals surface area contributed by atoms with Crippen LogP contribution in [-0.2, 0) is 13.1 Å². The molecule has 1 aromatic carbocycles. The predicted molar refractivity (Wildman–Crippen MR) is 84.7 cm³/mol. The molecule has 0 atom stereocenters. The molecule has 0 saturated heterocycles. The van der Waals surface area contributed by atoms with Crippen LogP contribution in [0.15, 0.2) is 42.7 Å². The summed E-state index contributed by atoms with van der Waals surface area (Å²) in [5.41, 5.74) is 2.91. The molecule has 21 heavy (non-hydrogen) atoms. The molecule has 1 N–H and O–H groups in total. The summed E-state index contributed by atoms with van der Waals surface area (Å²) in [6.07, 6.45) is 3.61. The zero-order valence-electron chi connectivity index (χ0n) is 12.6. The fraction of sp³-hybridized carbons (Fsp3) is 0.353. The quantitative estimate of drug-likeness (QED) is 0.846. The minimum absolute atomic E-state index is 0.158. The van der Waals surface area contributed by atoms with Crippen molar-refractivity contribution in [1.82, 2.24) is 10.3 Å². The van der Waals surface area contributed by atoms with Crippen molar-refractivity contribution in [3.05, 3.63) is 59.7 Å². The molecule has 0 spiro atoms. The van der Waals surface area contributed by atoms with E-state index >= 15 is 0 Å². The molecule has 2 rings (SSSR count). The highest BCUT2D eigenvalue weighted by atomic mass is 19.1. The van der Waals surface area contributed by atoms with Crippen molar-refractivity contribution < 1.29 is 4.39 Å². The summed E-state index contributed by atoms with van der Waals surface area (Å²) in [5, 5.41) is 3.36. The van der Waals surface area contributed by atoms with Gasteiger partial charge in [-0.25, -0.2) is 4.39 Å². The van der Waals surface area contributed by atoms with E-state index in [0.717, 1.165) is 30.8 Å². The molecule has 112 valence electrons. The highest BCUT2D eigenvalue weighted by molar-refractivity contribution is 5.49. The minimum atomic E-state index is -0.158. The highest BCUT2D eigenvalue weighted by Crippen LogP contribution is 2.20. The average Bonchev–Trinajstić information content (AvgIpc) is 2.52. The molecule has 0 aliphatic carbocycles. The van der Waals surface area contributed by atoms with Gasteiger partial charge < -0.3 is 10.2 Å². The summed E-state index contributed by atoms with van der Waals surface area (Å²) in [6, 6.07) is 9.27. The van der Waals surface area contributed by atoms with Gasteiger partial charge in [0.1, 0.15) is 5.82 Å². The van der Waals surface area contributed by atoms with E-state index in [4.69, 9.17) is 0 Å². The van der Waals surface area contributed by atoms with Gasteiger partial charge in [-0.3, -0.25) is 4.98 Å². The molecule has 0 bridgehead atoms. The van der Waals surface area contributed by atoms with Gasteiger partial charge in [0.05, 0.1) is 5.69 Å². The molecular weight excluding hydrogens is 265 g/mol. The molecule has 1 heterocycles. The topological polar surface area (TPSA) is 28.2 Å². The molecule has 3 nitrogen and oxygen atoms in total. The zero-order chi connectivity index (χ0) is 15.1. The zero-order valence-corrected chi connectivity index (χ0v) is 12.6. The Morgan fingerprint density at radius 3 is 2.52 bits per heavy atom. The van der Waals surface area contributed by atoms with Gasteiger partial charge in [0.25, 0.3) is 0 Å². The summed E-state index contributed by atoms with van der Waals surface area (Å²) in [4.78, 5) is 6.11. The van der Waals surface area contributed by atoms with Crippen LogP contribution in [0.4, 0.5) is 10.1 Å². The van der Waals surface area contributed by atoms with Crippen molar-refractivity contribution in [3.63, 3.8) is 0 Å². The first-order chi connectivity index (χ1) is 10.2. The number of hydrogen-bond donors (Lipinski definition) is 1. The number of benzene rings is 1. The van der Waals surface area contributed by atoms with E-state index in [0.29, 0.717) is 12.2 Å². The first-order valence-electron chi connectivity index (χ1n) is 7.37. The first kappa shape index (κ1) is 15.4. The van der Waals surface area contributed by atoms with Crippen LogP contribution in [0.5, 0.6) is 0 Å². The van der Waals surface area contributed by atoms with Gasteiger partial charge in [-0.15, -0.1) is 0 Å². The van der Waals surface area contributed by atoms with E-state index < -0.39 is 0 Å². The van der Waals surface area contributed by atoms with Crippen LogP contribution in [0.25, 0.3) is 0 Å². The summed E-state index contributed by atoms with van der Waals surface area (Å²) in [7, 11) is 0. The van der Waals surface area contributed by atoms with Crippen molar-refractivity contribution in [2.45, 2.75) is 26.9 Å². The number of nitrogens with zero attached hydrogens (tertiary/aromatic N) is 2. The lowest BCUT2D eigenvalue weighted by atomic mass is 10.1. The number of nitrogens with one attached hydrogen (secondary N) is 1. The number of aromatic nitrogens is 1. The Morgan fingerprint density at radius 1 is 1.10 bits per heavy atom. The third kappa shape index (κ3) is 4.26. The van der Waals surface area contributed by atoms with Gasteiger partial charge in [-0.1, -0.05) is 12.1 Å². The molecule has 0 saturated carbocycles. The van der Waals surface area contributed by atoms with E-state index in [1.807, 2.05) is 49.2 Å². The van der Waals surface area contributed by atoms with E-state index in [1.54, 1.807) is 12.3 Å². The molecule has 0 unspecified atom stereocenters. The lowest BCUT2D eigenvalue weighted by Crippen LogP contribution is -2.23. The predicted octanol–water partition coefficient (Wildman–Crippen LogP) is 3.36. The van der Waals surface area contributed by atoms with Crippen molar-refractivity contribution in [2.75, 3.05) is 18.0 Å². The smallest absolute Gasteiger partial charge is 0.146 e. The lowest BCUT2D eigenvalue weighted by molar-refractivity contribution is 0.617. The maximum Gasteiger partial charge on any atom is 0.146 e. The summed E-state index contributed by atoms with van der Waals surface area (Å²) < 4.78 is 13.9. The Labute approximate surface area is 125 Å². The van der Waals surface area contributed by atoms with E-state index in [2.05, 4.69) is 10.3 Å². The maximum atomic E-state index is 13.9. The van der Waals surface area contributed by atoms with Crippen LogP contribution in [0.3, 0.4) is 0 Å². The average molecular weight is 287 g/mol. The number of pyridine rings is 1. The standard InChI is InChI=1S/C17H22FN3/c1-3-21(4-2)17-10-14(7-8-16(17)18)11-20-13-15-6-5-9-19-12-15/h5-10,12,20H,3-4,11,13H2,1-2H3. The molecular formula is C17H22FN3. The van der Waals surface area contributed by atoms with Crippen molar-refractivity contribution >= 4 is 5.69 Å². The van der Waals surface area contributed by atoms with Crippen molar-refractivity contribution in [1.29, 1.82) is 0 Å². The summed E-state index contributed by atoms with van der Waals surface area (Å²) in [6.45, 7) is 7.15. The van der Waals surface area contributed by atoms with Crippen LogP contribution in [0.1, 0.15) is 25.0 Å². The highest BCUT2D eigenvalue weighted by Gasteiger charge is 2.09. The molecule has 0 aliphatic rings. The monoisotopic (exact) mass is 287 g/mol. The van der Waals surface area contributed by atoms with Gasteiger partial charge in [0.2, 0.25) is 0 Å². The minimum Gasteiger partial charge on any atom is -0.370 e. The normalized spacial score (nSPS) is 10.6. The third-order valence-corrected chi connectivity index (χ3v) is 3.50. The number of anilines is 1. The number of halogens is 1. The summed E-state index contributed by atoms with van der Waals surface area (Å²) in [5.74, 6) is -0.158. The SMILES string of the molecule is CCN(CC)c1cc(CNCc2cccnc2)ccc1F. The molecule has 4 heteroatoms. The van der Waals surface area contributed by atoms with Crippen LogP contribution in [0.2, 0.25) is 0 Å². The Balaban J connectivity index is 1.99. The molecule has 1 aromatic heterocycles. The molecule has 0 radical (unpaired) electrons. The molecule has 0 aliphatic heterocycles. The largest absolute Gasteiger partial charge is 0.370 e. The Bertz CT molecular complexity index is 553. The fourth-order valence-corrected chi connectivity index (χ4v) is 2.33. The molecule has 2 aromatic rings. The van der Waals surface area contributed by atoms with Crippen LogP contribution >= 0.6 is 0 Å². The van der Waals surface area contributed by atoms with Gasteiger partial charge in [-0.05, 0) is 43.2 Å². The van der Waals surface area contributed by atoms with Crippen molar-refractivity contribution in [3.8, 4) is 0 Å². The van der Waals surface area contributed by atoms with Gasteiger partial charge in [-0.2, -0.15) is 0 Å². The first-order valence-corrected chi connectivity index (χ1v) is 7.37. The van der Waals surface area contributed by atoms with E-state index in [1.165, 1.54) is 0 Å². The van der Waals surface area contributed by atoms with Crippen LogP contribution in [-0.4, -0.2) is 18.1 Å². The Hall–Kier alpha value is -1.94. The Morgan fingerprint density at radius 2 is 1.86 bits per heavy atom. The lowest BCUT2D eigenvalue weighted by Gasteiger charge is -2.22. The number of hydrogen-bond acceptors (Lipinski definition) is 3. The second kappa shape index (κ2) is 7.74. The Kier molecular flexibility index (Phi) is 5.69. The maximum absolute atomic E-state index is 13.9. The number of rotatable bonds is 7. The second-order valence-corrected chi connectivity index (χ2v) is 4.92. The van der Waals surface area contributed by atoms with Gasteiger partial charge >= 0.3 is 0 Å². The fourth-order valence-electron chi connectivity index (χ4n) is 2.33. The van der Waals surface area contributed by atoms with Crippen molar-refractivity contribution in [2.24, 2.45) is 0 Å².